The van der Waals surface area contributed by atoms with Gasteiger partial charge in [-0.2, -0.15) is 0 Å². The molecule has 33 heavy (non-hydrogen) atoms. The van der Waals surface area contributed by atoms with Gasteiger partial charge in [0, 0.05) is 35.8 Å². The number of aromatic nitrogens is 3. The summed E-state index contributed by atoms with van der Waals surface area (Å²) < 4.78 is 27.0. The summed E-state index contributed by atoms with van der Waals surface area (Å²) in [6, 6.07) is 6.85. The molecule has 3 aromatic rings. The second-order valence-electron chi connectivity index (χ2n) is 7.85. The summed E-state index contributed by atoms with van der Waals surface area (Å²) >= 11 is 0. The van der Waals surface area contributed by atoms with E-state index in [2.05, 4.69) is 15.3 Å². The van der Waals surface area contributed by atoms with E-state index in [0.717, 1.165) is 0 Å². The van der Waals surface area contributed by atoms with E-state index in [-0.39, 0.29) is 23.2 Å². The highest BCUT2D eigenvalue weighted by molar-refractivity contribution is 6.09. The van der Waals surface area contributed by atoms with Crippen molar-refractivity contribution in [1.82, 2.24) is 14.5 Å². The first-order chi connectivity index (χ1) is 15.7. The Labute approximate surface area is 187 Å². The molecule has 1 N–H and O–H groups in total. The molecule has 0 fully saturated rings. The number of nitrogens with one attached hydrogen (secondary N) is 1. The Morgan fingerprint density at radius 3 is 2.58 bits per heavy atom. The molecule has 2 amide bonds. The van der Waals surface area contributed by atoms with Crippen molar-refractivity contribution < 1.29 is 18.4 Å². The van der Waals surface area contributed by atoms with E-state index in [4.69, 9.17) is 0 Å². The molecule has 1 aliphatic heterocycles. The zero-order valence-electron chi connectivity index (χ0n) is 18.2. The fourth-order valence-electron chi connectivity index (χ4n) is 3.84. The van der Waals surface area contributed by atoms with Gasteiger partial charge >= 0.3 is 0 Å². The van der Waals surface area contributed by atoms with Gasteiger partial charge in [-0.3, -0.25) is 14.4 Å². The van der Waals surface area contributed by atoms with Crippen LogP contribution in [0.2, 0.25) is 0 Å². The molecule has 0 unspecified atom stereocenters. The van der Waals surface area contributed by atoms with E-state index in [1.165, 1.54) is 46.3 Å². The average molecular weight is 453 g/mol. The number of alkyl halides is 2. The fourth-order valence-corrected chi connectivity index (χ4v) is 3.84. The highest BCUT2D eigenvalue weighted by Gasteiger charge is 2.35. The summed E-state index contributed by atoms with van der Waals surface area (Å²) in [7, 11) is 1.62. The Balaban J connectivity index is 1.74. The summed E-state index contributed by atoms with van der Waals surface area (Å²) in [5, 5.41) is 2.61. The monoisotopic (exact) mass is 453 g/mol. The van der Waals surface area contributed by atoms with Crippen LogP contribution in [0.5, 0.6) is 0 Å². The molecule has 0 radical (unpaired) electrons. The maximum atomic E-state index is 13.4. The zero-order valence-corrected chi connectivity index (χ0v) is 18.2. The summed E-state index contributed by atoms with van der Waals surface area (Å²) in [4.78, 5) is 48.9. The van der Waals surface area contributed by atoms with E-state index in [1.807, 2.05) is 0 Å². The number of aryl methyl sites for hydroxylation is 1. The van der Waals surface area contributed by atoms with E-state index in [1.54, 1.807) is 27.0 Å². The lowest BCUT2D eigenvalue weighted by Gasteiger charge is -2.25. The fraction of sp³-hybridized carbons (Fsp3) is 0.261. The minimum atomic E-state index is -2.61. The van der Waals surface area contributed by atoms with Crippen LogP contribution in [0.4, 0.5) is 20.2 Å². The first-order valence-corrected chi connectivity index (χ1v) is 10.2. The third-order valence-electron chi connectivity index (χ3n) is 5.75. The minimum Gasteiger partial charge on any atom is -0.325 e. The molecule has 0 bridgehead atoms. The number of pyridine rings is 1. The lowest BCUT2D eigenvalue weighted by molar-refractivity contribution is -0.122. The number of carbonyl (C=O) groups excluding carboxylic acids is 2. The standard InChI is InChI=1S/C23H21F2N5O3/c1-12-8-17-19(23(33)29(12)3)16-9-26-11-27-20(16)13(2)22(32)30(17)10-18(31)28-15-6-4-14(5-7-15)21(24)25/h4-9,11,13,21H,10H2,1-3H3,(H,28,31)/t13-/m1/s1. The molecular weight excluding hydrogens is 432 g/mol. The van der Waals surface area contributed by atoms with Crippen molar-refractivity contribution in [1.29, 1.82) is 0 Å². The quantitative estimate of drug-likeness (QED) is 0.655. The second-order valence-corrected chi connectivity index (χ2v) is 7.85. The first kappa shape index (κ1) is 22.3. The van der Waals surface area contributed by atoms with Gasteiger partial charge in [-0.05, 0) is 32.0 Å². The van der Waals surface area contributed by atoms with Crippen molar-refractivity contribution in [3.05, 3.63) is 70.2 Å². The lowest BCUT2D eigenvalue weighted by Crippen LogP contribution is -2.40. The molecule has 10 heteroatoms. The van der Waals surface area contributed by atoms with Crippen LogP contribution >= 0.6 is 0 Å². The van der Waals surface area contributed by atoms with Gasteiger partial charge in [0.1, 0.15) is 12.9 Å². The molecule has 0 saturated carbocycles. The maximum Gasteiger partial charge on any atom is 0.263 e. The number of halogens is 2. The molecule has 0 aliphatic carbocycles. The number of nitrogens with zero attached hydrogens (tertiary/aromatic N) is 4. The Bertz CT molecular complexity index is 1300. The molecule has 0 saturated heterocycles. The van der Waals surface area contributed by atoms with Crippen molar-refractivity contribution in [2.45, 2.75) is 26.2 Å². The van der Waals surface area contributed by atoms with E-state index >= 15 is 0 Å². The number of benzene rings is 1. The molecule has 1 aliphatic rings. The topological polar surface area (TPSA) is 97.2 Å². The summed E-state index contributed by atoms with van der Waals surface area (Å²) in [5.41, 5.74) is 1.80. The Morgan fingerprint density at radius 2 is 1.91 bits per heavy atom. The number of hydrogen-bond acceptors (Lipinski definition) is 5. The number of anilines is 2. The summed E-state index contributed by atoms with van der Waals surface area (Å²) in [5.74, 6) is -1.66. The normalized spacial score (nSPS) is 15.2. The van der Waals surface area contributed by atoms with Crippen molar-refractivity contribution in [3.8, 4) is 11.1 Å². The molecule has 4 rings (SSSR count). The number of hydrogen-bond donors (Lipinski definition) is 1. The van der Waals surface area contributed by atoms with Crippen LogP contribution in [0, 0.1) is 6.92 Å². The van der Waals surface area contributed by atoms with E-state index < -0.39 is 24.2 Å². The van der Waals surface area contributed by atoms with Gasteiger partial charge in [-0.25, -0.2) is 18.7 Å². The van der Waals surface area contributed by atoms with Crippen molar-refractivity contribution in [2.24, 2.45) is 7.05 Å². The van der Waals surface area contributed by atoms with Crippen LogP contribution in [-0.2, 0) is 16.6 Å². The molecule has 2 aromatic heterocycles. The van der Waals surface area contributed by atoms with Crippen molar-refractivity contribution >= 4 is 23.2 Å². The van der Waals surface area contributed by atoms with Gasteiger partial charge in [-0.15, -0.1) is 0 Å². The zero-order chi connectivity index (χ0) is 23.9. The van der Waals surface area contributed by atoms with Crippen molar-refractivity contribution in [2.75, 3.05) is 16.8 Å². The van der Waals surface area contributed by atoms with Crippen LogP contribution in [0.25, 0.3) is 11.1 Å². The molecule has 0 spiro atoms. The van der Waals surface area contributed by atoms with Gasteiger partial charge in [-0.1, -0.05) is 12.1 Å². The molecule has 170 valence electrons. The molecule has 3 heterocycles. The SMILES string of the molecule is Cc1cc2c(c(=O)n1C)-c1cncnc1[C@@H](C)C(=O)N2CC(=O)Nc1ccc(C(F)F)cc1. The summed E-state index contributed by atoms with van der Waals surface area (Å²) in [6.07, 6.45) is 0.195. The van der Waals surface area contributed by atoms with Crippen LogP contribution in [0.1, 0.15) is 36.2 Å². The largest absolute Gasteiger partial charge is 0.325 e. The van der Waals surface area contributed by atoms with Crippen LogP contribution in [0.15, 0.2) is 47.7 Å². The predicted octanol–water partition coefficient (Wildman–Crippen LogP) is 3.18. The maximum absolute atomic E-state index is 13.4. The molecular formula is C23H21F2N5O3. The Kier molecular flexibility index (Phi) is 5.75. The van der Waals surface area contributed by atoms with Gasteiger partial charge in [0.25, 0.3) is 12.0 Å². The van der Waals surface area contributed by atoms with E-state index in [9.17, 15) is 23.2 Å². The van der Waals surface area contributed by atoms with E-state index in [0.29, 0.717) is 28.3 Å². The van der Waals surface area contributed by atoms with Crippen LogP contribution in [0.3, 0.4) is 0 Å². The highest BCUT2D eigenvalue weighted by Crippen LogP contribution is 2.38. The van der Waals surface area contributed by atoms with Crippen molar-refractivity contribution in [3.63, 3.8) is 0 Å². The van der Waals surface area contributed by atoms with Gasteiger partial charge in [0.05, 0.1) is 22.9 Å². The summed E-state index contributed by atoms with van der Waals surface area (Å²) in [6.45, 7) is 3.01. The number of fused-ring (bicyclic) bond motifs is 3. The minimum absolute atomic E-state index is 0.163. The van der Waals surface area contributed by atoms with Gasteiger partial charge in [0.2, 0.25) is 11.8 Å². The van der Waals surface area contributed by atoms with Crippen LogP contribution in [-0.4, -0.2) is 32.9 Å². The number of rotatable bonds is 4. The number of carbonyl (C=O) groups is 2. The first-order valence-electron chi connectivity index (χ1n) is 10.2. The smallest absolute Gasteiger partial charge is 0.263 e. The molecule has 1 aromatic carbocycles. The van der Waals surface area contributed by atoms with Gasteiger partial charge in [0.15, 0.2) is 0 Å². The lowest BCUT2D eigenvalue weighted by atomic mass is 9.99. The Morgan fingerprint density at radius 1 is 1.21 bits per heavy atom. The molecule has 1 atom stereocenters. The number of amides is 2. The average Bonchev–Trinajstić information content (AvgIpc) is 2.87. The predicted molar refractivity (Wildman–Crippen MR) is 118 cm³/mol. The Hall–Kier alpha value is -3.95. The second kappa shape index (κ2) is 8.53. The third kappa shape index (κ3) is 3.99. The third-order valence-corrected chi connectivity index (χ3v) is 5.75. The highest BCUT2D eigenvalue weighted by atomic mass is 19.3. The molecule has 8 nitrogen and oxygen atoms in total. The van der Waals surface area contributed by atoms with Crippen LogP contribution < -0.4 is 15.8 Å². The van der Waals surface area contributed by atoms with Gasteiger partial charge < -0.3 is 14.8 Å².